The summed E-state index contributed by atoms with van der Waals surface area (Å²) in [6, 6.07) is -0.525. The van der Waals surface area contributed by atoms with Crippen LogP contribution in [0.2, 0.25) is 0 Å². The highest BCUT2D eigenvalue weighted by Gasteiger charge is 2.14. The van der Waals surface area contributed by atoms with Gasteiger partial charge in [0.1, 0.15) is 0 Å². The predicted octanol–water partition coefficient (Wildman–Crippen LogP) is 4.53. The smallest absolute Gasteiger partial charge is 0.236 e. The molecule has 0 spiro atoms. The monoisotopic (exact) mass is 482 g/mol. The summed E-state index contributed by atoms with van der Waals surface area (Å²) in [5.41, 5.74) is 5.57. The van der Waals surface area contributed by atoms with Gasteiger partial charge >= 0.3 is 0 Å². The van der Waals surface area contributed by atoms with Crippen molar-refractivity contribution in [1.82, 2.24) is 15.5 Å². The minimum absolute atomic E-state index is 0.0349. The number of hydrogen-bond donors (Lipinski definition) is 3. The van der Waals surface area contributed by atoms with Crippen LogP contribution in [0.1, 0.15) is 118 Å². The van der Waals surface area contributed by atoms with Crippen LogP contribution in [0.25, 0.3) is 0 Å². The molecule has 0 aromatic rings. The molecule has 0 fully saturated rings. The molecule has 0 bridgehead atoms. The van der Waals surface area contributed by atoms with Crippen LogP contribution in [0.5, 0.6) is 0 Å². The van der Waals surface area contributed by atoms with E-state index >= 15 is 0 Å². The summed E-state index contributed by atoms with van der Waals surface area (Å²) in [6.45, 7) is 9.95. The van der Waals surface area contributed by atoms with Gasteiger partial charge < -0.3 is 21.3 Å². The minimum Gasteiger partial charge on any atom is -0.356 e. The third-order valence-corrected chi connectivity index (χ3v) is 6.09. The summed E-state index contributed by atoms with van der Waals surface area (Å²) in [5, 5.41) is 5.72. The van der Waals surface area contributed by atoms with E-state index < -0.39 is 6.04 Å². The molecular weight excluding hydrogens is 428 g/mol. The molecule has 200 valence electrons. The Morgan fingerprint density at radius 2 is 1.12 bits per heavy atom. The van der Waals surface area contributed by atoms with Crippen LogP contribution in [0.4, 0.5) is 0 Å². The molecule has 0 rings (SSSR count). The highest BCUT2D eigenvalue weighted by molar-refractivity contribution is 5.81. The highest BCUT2D eigenvalue weighted by Crippen LogP contribution is 2.12. The number of hydrogen-bond acceptors (Lipinski definition) is 4. The van der Waals surface area contributed by atoms with Crippen molar-refractivity contribution in [3.8, 4) is 0 Å². The second-order valence-electron chi connectivity index (χ2n) is 9.90. The molecule has 7 nitrogen and oxygen atoms in total. The highest BCUT2D eigenvalue weighted by atomic mass is 16.2. The van der Waals surface area contributed by atoms with Crippen molar-refractivity contribution in [2.45, 2.75) is 124 Å². The first-order chi connectivity index (χ1) is 16.3. The number of nitrogens with one attached hydrogen (secondary N) is 2. The molecule has 7 heteroatoms. The number of nitrogens with two attached hydrogens (primary N) is 1. The number of rotatable bonds is 22. The molecule has 1 atom stereocenters. The number of carbonyl (C=O) groups is 3. The first-order valence-electron chi connectivity index (χ1n) is 13.9. The lowest BCUT2D eigenvalue weighted by atomic mass is 10.1. The van der Waals surface area contributed by atoms with Crippen molar-refractivity contribution in [2.75, 3.05) is 26.2 Å². The van der Waals surface area contributed by atoms with Crippen LogP contribution < -0.4 is 16.4 Å². The normalized spacial score (nSPS) is 11.9. The maximum Gasteiger partial charge on any atom is 0.236 e. The molecule has 0 aromatic carbocycles. The number of nitrogens with zero attached hydrogens (tertiary/aromatic N) is 1. The van der Waals surface area contributed by atoms with Gasteiger partial charge in [0, 0.05) is 38.5 Å². The summed E-state index contributed by atoms with van der Waals surface area (Å²) in [7, 11) is 0. The van der Waals surface area contributed by atoms with Crippen molar-refractivity contribution >= 4 is 17.7 Å². The third-order valence-electron chi connectivity index (χ3n) is 6.09. The fourth-order valence-corrected chi connectivity index (χ4v) is 3.79. The summed E-state index contributed by atoms with van der Waals surface area (Å²) < 4.78 is 0. The Bertz CT molecular complexity index is 510. The molecule has 0 aliphatic carbocycles. The molecule has 4 N–H and O–H groups in total. The van der Waals surface area contributed by atoms with E-state index in [0.29, 0.717) is 39.0 Å². The number of carbonyl (C=O) groups excluding carboxylic acids is 3. The average Bonchev–Trinajstić information content (AvgIpc) is 2.80. The van der Waals surface area contributed by atoms with E-state index in [0.717, 1.165) is 19.3 Å². The molecule has 0 saturated heterocycles. The van der Waals surface area contributed by atoms with E-state index in [9.17, 15) is 14.4 Å². The zero-order valence-electron chi connectivity index (χ0n) is 22.6. The SMILES string of the molecule is CCCCCCCCCCCCCC(=O)N(CCCNC(=O)C(C)C)CCCNC(=O)[C@H](C)N. The second-order valence-corrected chi connectivity index (χ2v) is 9.90. The van der Waals surface area contributed by atoms with Gasteiger partial charge in [0.25, 0.3) is 0 Å². The molecule has 0 unspecified atom stereocenters. The second kappa shape index (κ2) is 21.9. The zero-order chi connectivity index (χ0) is 25.6. The van der Waals surface area contributed by atoms with Crippen molar-refractivity contribution in [3.63, 3.8) is 0 Å². The third kappa shape index (κ3) is 18.8. The molecule has 0 aliphatic rings. The maximum absolute atomic E-state index is 12.8. The van der Waals surface area contributed by atoms with Crippen LogP contribution in [0.15, 0.2) is 0 Å². The van der Waals surface area contributed by atoms with E-state index in [1.54, 1.807) is 6.92 Å². The predicted molar refractivity (Wildman–Crippen MR) is 141 cm³/mol. The van der Waals surface area contributed by atoms with Crippen LogP contribution in [-0.2, 0) is 14.4 Å². The Labute approximate surface area is 209 Å². The minimum atomic E-state index is -0.525. The standard InChI is InChI=1S/C27H54N4O3/c1-5-6-7-8-9-10-11-12-13-14-15-18-25(32)31(21-16-19-29-26(33)23(2)3)22-17-20-30-27(34)24(4)28/h23-24H,5-22,28H2,1-4H3,(H,29,33)(H,30,34)/t24-/m0/s1. The molecule has 0 heterocycles. The first kappa shape index (κ1) is 32.4. The van der Waals surface area contributed by atoms with Crippen LogP contribution >= 0.6 is 0 Å². The largest absolute Gasteiger partial charge is 0.356 e. The van der Waals surface area contributed by atoms with Crippen molar-refractivity contribution < 1.29 is 14.4 Å². The van der Waals surface area contributed by atoms with Crippen LogP contribution in [0.3, 0.4) is 0 Å². The molecule has 0 aromatic heterocycles. The molecule has 0 saturated carbocycles. The van der Waals surface area contributed by atoms with E-state index in [1.807, 2.05) is 18.7 Å². The molecule has 34 heavy (non-hydrogen) atoms. The summed E-state index contributed by atoms with van der Waals surface area (Å²) in [4.78, 5) is 38.1. The van der Waals surface area contributed by atoms with Crippen molar-refractivity contribution in [1.29, 1.82) is 0 Å². The van der Waals surface area contributed by atoms with Gasteiger partial charge in [-0.1, -0.05) is 85.0 Å². The van der Waals surface area contributed by atoms with E-state index in [2.05, 4.69) is 17.6 Å². The van der Waals surface area contributed by atoms with E-state index in [-0.39, 0.29) is 23.6 Å². The van der Waals surface area contributed by atoms with Gasteiger partial charge in [0.15, 0.2) is 0 Å². The lowest BCUT2D eigenvalue weighted by Crippen LogP contribution is -2.40. The summed E-state index contributed by atoms with van der Waals surface area (Å²) in [5.74, 6) is 0.00431. The quantitative estimate of drug-likeness (QED) is 0.197. The number of amides is 3. The van der Waals surface area contributed by atoms with Crippen LogP contribution in [-0.4, -0.2) is 54.8 Å². The Morgan fingerprint density at radius 1 is 0.676 bits per heavy atom. The molecule has 3 amide bonds. The van der Waals surface area contributed by atoms with Crippen molar-refractivity contribution in [3.05, 3.63) is 0 Å². The van der Waals surface area contributed by atoms with Gasteiger partial charge in [-0.05, 0) is 26.2 Å². The Kier molecular flexibility index (Phi) is 20.8. The Morgan fingerprint density at radius 3 is 1.56 bits per heavy atom. The summed E-state index contributed by atoms with van der Waals surface area (Å²) in [6.07, 6.45) is 15.9. The Balaban J connectivity index is 4.18. The van der Waals surface area contributed by atoms with Gasteiger partial charge in [0.2, 0.25) is 17.7 Å². The van der Waals surface area contributed by atoms with Gasteiger partial charge in [-0.2, -0.15) is 0 Å². The number of unbranched alkanes of at least 4 members (excludes halogenated alkanes) is 10. The summed E-state index contributed by atoms with van der Waals surface area (Å²) >= 11 is 0. The average molecular weight is 483 g/mol. The van der Waals surface area contributed by atoms with Crippen LogP contribution in [0, 0.1) is 5.92 Å². The van der Waals surface area contributed by atoms with E-state index in [4.69, 9.17) is 5.73 Å². The van der Waals surface area contributed by atoms with Gasteiger partial charge in [0.05, 0.1) is 6.04 Å². The lowest BCUT2D eigenvalue weighted by Gasteiger charge is -2.23. The zero-order valence-corrected chi connectivity index (χ0v) is 22.6. The first-order valence-corrected chi connectivity index (χ1v) is 13.9. The molecular formula is C27H54N4O3. The van der Waals surface area contributed by atoms with Gasteiger partial charge in [-0.25, -0.2) is 0 Å². The fourth-order valence-electron chi connectivity index (χ4n) is 3.79. The van der Waals surface area contributed by atoms with Crippen molar-refractivity contribution in [2.24, 2.45) is 11.7 Å². The Hall–Kier alpha value is -1.63. The van der Waals surface area contributed by atoms with E-state index in [1.165, 1.54) is 57.8 Å². The topological polar surface area (TPSA) is 105 Å². The lowest BCUT2D eigenvalue weighted by molar-refractivity contribution is -0.131. The molecule has 0 aliphatic heterocycles. The van der Waals surface area contributed by atoms with Gasteiger partial charge in [-0.3, -0.25) is 14.4 Å². The molecule has 0 radical (unpaired) electrons. The fraction of sp³-hybridized carbons (Fsp3) is 0.889. The van der Waals surface area contributed by atoms with Gasteiger partial charge in [-0.15, -0.1) is 0 Å². The maximum atomic E-state index is 12.8.